The molecule has 17 heteroatoms. The van der Waals surface area contributed by atoms with Crippen LogP contribution in [0.4, 0.5) is 0 Å². The van der Waals surface area contributed by atoms with Crippen LogP contribution in [0.2, 0.25) is 0 Å². The summed E-state index contributed by atoms with van der Waals surface area (Å²) >= 11 is 5.92. The van der Waals surface area contributed by atoms with E-state index in [1.807, 2.05) is 0 Å². The molecular formula is C43H52N6O10S. The molecule has 1 saturated heterocycles. The molecule has 0 unspecified atom stereocenters. The highest BCUT2D eigenvalue weighted by atomic mass is 32.1. The van der Waals surface area contributed by atoms with E-state index in [1.165, 1.54) is 49.9 Å². The zero-order chi connectivity index (χ0) is 43.8. The predicted molar refractivity (Wildman–Crippen MR) is 225 cm³/mol. The van der Waals surface area contributed by atoms with Gasteiger partial charge in [-0.15, -0.1) is 0 Å². The quantitative estimate of drug-likeness (QED) is 0.243. The first-order valence-corrected chi connectivity index (χ1v) is 19.8. The molecule has 6 rings (SSSR count). The monoisotopic (exact) mass is 844 g/mol. The van der Waals surface area contributed by atoms with Crippen LogP contribution in [0.15, 0.2) is 66.7 Å². The summed E-state index contributed by atoms with van der Waals surface area (Å²) in [6.45, 7) is 3.02. The number of benzene rings is 3. The fourth-order valence-electron chi connectivity index (χ4n) is 7.12. The summed E-state index contributed by atoms with van der Waals surface area (Å²) < 4.78 is 21.9. The number of thiocarbonyl (C=S) groups is 1. The number of hydrogen-bond acceptors (Lipinski definition) is 11. The molecule has 320 valence electrons. The van der Waals surface area contributed by atoms with Gasteiger partial charge in [0.1, 0.15) is 41.7 Å². The van der Waals surface area contributed by atoms with Gasteiger partial charge in [-0.05, 0) is 73.4 Å². The Morgan fingerprint density at radius 1 is 0.717 bits per heavy atom. The fraction of sp³-hybridized carbons (Fsp3) is 0.419. The predicted octanol–water partition coefficient (Wildman–Crippen LogP) is 2.19. The van der Waals surface area contributed by atoms with Crippen LogP contribution in [0.25, 0.3) is 0 Å². The van der Waals surface area contributed by atoms with Gasteiger partial charge in [0.2, 0.25) is 29.5 Å². The smallest absolute Gasteiger partial charge is 0.308 e. The van der Waals surface area contributed by atoms with Crippen molar-refractivity contribution in [3.63, 3.8) is 0 Å². The summed E-state index contributed by atoms with van der Waals surface area (Å²) in [5.74, 6) is -2.02. The van der Waals surface area contributed by atoms with Gasteiger partial charge < -0.3 is 49.6 Å². The molecule has 3 N–H and O–H groups in total. The molecule has 0 aromatic heterocycles. The highest BCUT2D eigenvalue weighted by Gasteiger charge is 2.39. The number of carbonyl (C=O) groups excluding carboxylic acids is 6. The molecule has 3 aliphatic rings. The lowest BCUT2D eigenvalue weighted by Crippen LogP contribution is -2.61. The second kappa shape index (κ2) is 19.7. The maximum atomic E-state index is 14.8. The maximum Gasteiger partial charge on any atom is 0.308 e. The van der Waals surface area contributed by atoms with E-state index in [0.29, 0.717) is 34.1 Å². The maximum absolute atomic E-state index is 14.8. The highest BCUT2D eigenvalue weighted by molar-refractivity contribution is 7.80. The van der Waals surface area contributed by atoms with Crippen molar-refractivity contribution < 1.29 is 47.7 Å². The van der Waals surface area contributed by atoms with Crippen LogP contribution >= 0.6 is 12.2 Å². The molecule has 0 aliphatic carbocycles. The van der Waals surface area contributed by atoms with Gasteiger partial charge in [0.05, 0.1) is 38.8 Å². The number of carbonyl (C=O) groups is 6. The normalized spacial score (nSPS) is 23.4. The summed E-state index contributed by atoms with van der Waals surface area (Å²) in [5.41, 5.74) is 2.07. The first-order chi connectivity index (χ1) is 28.5. The van der Waals surface area contributed by atoms with Gasteiger partial charge in [0.15, 0.2) is 11.5 Å². The zero-order valence-electron chi connectivity index (χ0n) is 35.0. The van der Waals surface area contributed by atoms with Crippen molar-refractivity contribution in [1.29, 1.82) is 0 Å². The van der Waals surface area contributed by atoms with Crippen LogP contribution in [-0.4, -0.2) is 134 Å². The number of rotatable bonds is 6. The van der Waals surface area contributed by atoms with Crippen molar-refractivity contribution in [3.8, 4) is 23.0 Å². The molecule has 1 fully saturated rings. The Balaban J connectivity index is 1.61. The Morgan fingerprint density at radius 3 is 1.98 bits per heavy atom. The minimum atomic E-state index is -1.44. The molecule has 3 aliphatic heterocycles. The third-order valence-corrected chi connectivity index (χ3v) is 11.2. The second-order valence-corrected chi connectivity index (χ2v) is 15.3. The van der Waals surface area contributed by atoms with E-state index in [0.717, 1.165) is 12.7 Å². The van der Waals surface area contributed by atoms with Crippen LogP contribution in [0.1, 0.15) is 37.0 Å². The molecule has 3 aromatic rings. The van der Waals surface area contributed by atoms with Gasteiger partial charge in [-0.2, -0.15) is 0 Å². The lowest BCUT2D eigenvalue weighted by atomic mass is 9.98. The Bertz CT molecular complexity index is 2100. The van der Waals surface area contributed by atoms with Crippen LogP contribution in [-0.2, 0) is 52.8 Å². The first kappa shape index (κ1) is 44.9. The SMILES string of the molecule is COC(=O)C[C@@H]1NC(=O)[C@@H](C)NC(=O)[C@@H]2Cc3ccc(OC)c(c3)Oc3ccc(cc3)C[C@@H](C(=O)N2C)N(C)C(=O)[C@H](C)NC(=S)[C@H](Cc2ccc(OC)cc2)N(C)C1=O. The van der Waals surface area contributed by atoms with E-state index in [4.69, 9.17) is 31.2 Å². The van der Waals surface area contributed by atoms with E-state index in [1.54, 1.807) is 80.8 Å². The Kier molecular flexibility index (Phi) is 14.7. The highest BCUT2D eigenvalue weighted by Crippen LogP contribution is 2.34. The number of ether oxygens (including phenoxy) is 4. The summed E-state index contributed by atoms with van der Waals surface area (Å²) in [7, 11) is 8.67. The second-order valence-electron chi connectivity index (χ2n) is 14.9. The first-order valence-electron chi connectivity index (χ1n) is 19.4. The topological polar surface area (TPSA) is 185 Å². The van der Waals surface area contributed by atoms with E-state index in [-0.39, 0.29) is 24.3 Å². The minimum absolute atomic E-state index is 0.0270. The number of esters is 1. The van der Waals surface area contributed by atoms with Gasteiger partial charge in [-0.1, -0.05) is 42.5 Å². The van der Waals surface area contributed by atoms with E-state index in [2.05, 4.69) is 16.0 Å². The molecule has 6 bridgehead atoms. The third-order valence-electron chi connectivity index (χ3n) is 10.9. The van der Waals surface area contributed by atoms with E-state index < -0.39 is 78.2 Å². The van der Waals surface area contributed by atoms with Crippen LogP contribution in [0.3, 0.4) is 0 Å². The van der Waals surface area contributed by atoms with E-state index in [9.17, 15) is 28.8 Å². The van der Waals surface area contributed by atoms with Gasteiger partial charge in [0.25, 0.3) is 0 Å². The molecule has 60 heavy (non-hydrogen) atoms. The number of nitrogens with zero attached hydrogens (tertiary/aromatic N) is 3. The van der Waals surface area contributed by atoms with Crippen molar-refractivity contribution in [3.05, 3.63) is 83.4 Å². The zero-order valence-corrected chi connectivity index (χ0v) is 35.8. The minimum Gasteiger partial charge on any atom is -0.497 e. The molecule has 6 atom stereocenters. The molecule has 16 nitrogen and oxygen atoms in total. The largest absolute Gasteiger partial charge is 0.497 e. The molecule has 0 saturated carbocycles. The molecule has 0 spiro atoms. The van der Waals surface area contributed by atoms with Crippen LogP contribution in [0.5, 0.6) is 23.0 Å². The van der Waals surface area contributed by atoms with E-state index >= 15 is 0 Å². The lowest BCUT2D eigenvalue weighted by Gasteiger charge is -2.37. The summed E-state index contributed by atoms with van der Waals surface area (Å²) in [6, 6.07) is 12.4. The summed E-state index contributed by atoms with van der Waals surface area (Å²) in [5, 5.41) is 8.43. The van der Waals surface area contributed by atoms with Crippen LogP contribution in [0, 0.1) is 0 Å². The van der Waals surface area contributed by atoms with Crippen molar-refractivity contribution >= 4 is 52.7 Å². The van der Waals surface area contributed by atoms with Crippen molar-refractivity contribution in [2.75, 3.05) is 42.5 Å². The third kappa shape index (κ3) is 10.5. The molecular weight excluding hydrogens is 793 g/mol. The standard InChI is InChI=1S/C43H52N6O10S/c1-24-38(51)46-31(23-37(50)58-8)42(54)48(4)33(19-26-9-14-29(56-6)15-10-26)40(60)45-25(2)41(53)49(5)34-20-27-11-16-30(17-12-27)59-36-22-28(13-18-35(36)57-7)21-32(39(52)44-24)47(3)43(34)55/h9-18,22,24-25,31-34H,19-21,23H2,1-8H3,(H,44,52)(H,45,60)(H,46,51)/t24-,25+,31+,32+,33+,34+/m1/s1. The Labute approximate surface area is 354 Å². The molecule has 5 amide bonds. The van der Waals surface area contributed by atoms with Gasteiger partial charge in [0, 0.05) is 34.0 Å². The van der Waals surface area contributed by atoms with Crippen molar-refractivity contribution in [1.82, 2.24) is 30.7 Å². The average Bonchev–Trinajstić information content (AvgIpc) is 3.24. The molecule has 3 aromatic carbocycles. The number of methoxy groups -OCH3 is 3. The Morgan fingerprint density at radius 2 is 1.35 bits per heavy atom. The Hall–Kier alpha value is -6.23. The summed E-state index contributed by atoms with van der Waals surface area (Å²) in [6.07, 6.45) is -0.319. The lowest BCUT2D eigenvalue weighted by molar-refractivity contribution is -0.148. The molecule has 0 radical (unpaired) electrons. The average molecular weight is 845 g/mol. The molecule has 3 heterocycles. The fourth-order valence-corrected chi connectivity index (χ4v) is 7.54. The van der Waals surface area contributed by atoms with Gasteiger partial charge in [-0.3, -0.25) is 28.8 Å². The number of fused-ring (bicyclic) bond motifs is 2. The van der Waals surface area contributed by atoms with Gasteiger partial charge >= 0.3 is 5.97 Å². The number of likely N-dealkylation sites (N-methyl/N-ethyl adjacent to an activating group) is 3. The number of amides is 5. The van der Waals surface area contributed by atoms with Gasteiger partial charge in [-0.25, -0.2) is 0 Å². The number of hydrogen-bond donors (Lipinski definition) is 3. The number of nitrogens with one attached hydrogen (secondary N) is 3. The van der Waals surface area contributed by atoms with Crippen molar-refractivity contribution in [2.24, 2.45) is 0 Å². The van der Waals surface area contributed by atoms with Crippen molar-refractivity contribution in [2.45, 2.75) is 75.8 Å². The van der Waals surface area contributed by atoms with Crippen LogP contribution < -0.4 is 30.2 Å². The summed E-state index contributed by atoms with van der Waals surface area (Å²) in [4.78, 5) is 88.4.